The number of amides is 1. The highest BCUT2D eigenvalue weighted by atomic mass is 127. The van der Waals surface area contributed by atoms with Crippen LogP contribution in [0.1, 0.15) is 45.9 Å². The van der Waals surface area contributed by atoms with E-state index in [1.807, 2.05) is 29.5 Å². The number of halogens is 2. The molecule has 1 aromatic carbocycles. The summed E-state index contributed by atoms with van der Waals surface area (Å²) in [6.45, 7) is 6.16. The number of carbonyl (C=O) groups excluding carboxylic acids is 2. The fourth-order valence-corrected chi connectivity index (χ4v) is 4.78. The van der Waals surface area contributed by atoms with Crippen LogP contribution in [0, 0.1) is 16.3 Å². The Kier molecular flexibility index (Phi) is 5.60. The van der Waals surface area contributed by atoms with Crippen LogP contribution in [0.2, 0.25) is 0 Å². The van der Waals surface area contributed by atoms with Gasteiger partial charge in [-0.15, -0.1) is 11.3 Å². The molecule has 0 bridgehead atoms. The van der Waals surface area contributed by atoms with Gasteiger partial charge in [0.2, 0.25) is 0 Å². The maximum atomic E-state index is 14.3. The highest BCUT2D eigenvalue weighted by Crippen LogP contribution is 2.37. The lowest BCUT2D eigenvalue weighted by molar-refractivity contribution is 0.0786. The van der Waals surface area contributed by atoms with Gasteiger partial charge in [-0.3, -0.25) is 9.59 Å². The first-order chi connectivity index (χ1) is 12.6. The van der Waals surface area contributed by atoms with E-state index in [9.17, 15) is 14.0 Å². The summed E-state index contributed by atoms with van der Waals surface area (Å²) >= 11 is 3.22. The standard InChI is InChI=1S/C19H21FIN3O2S/c1-10-15(18(26)24-7-6-19(3,22)9-24)17(27-16(10)11(2)25)23-14-5-4-12(21)8-13(14)20/h4-5,8,23H,6-7,9,22H2,1-3H3/t19-/m1/s1. The molecule has 2 heterocycles. The van der Waals surface area contributed by atoms with Crippen molar-refractivity contribution in [1.82, 2.24) is 4.90 Å². The van der Waals surface area contributed by atoms with Gasteiger partial charge in [-0.05, 0) is 73.5 Å². The monoisotopic (exact) mass is 501 g/mol. The highest BCUT2D eigenvalue weighted by molar-refractivity contribution is 14.1. The summed E-state index contributed by atoms with van der Waals surface area (Å²) in [5.74, 6) is -0.710. The molecule has 1 fully saturated rings. The van der Waals surface area contributed by atoms with Gasteiger partial charge in [0, 0.05) is 22.2 Å². The number of anilines is 2. The molecule has 8 heteroatoms. The number of thiophene rings is 1. The van der Waals surface area contributed by atoms with Crippen molar-refractivity contribution in [2.75, 3.05) is 18.4 Å². The quantitative estimate of drug-likeness (QED) is 0.484. The zero-order valence-corrected chi connectivity index (χ0v) is 18.3. The summed E-state index contributed by atoms with van der Waals surface area (Å²) in [5, 5.41) is 3.50. The van der Waals surface area contributed by atoms with Gasteiger partial charge < -0.3 is 16.0 Å². The van der Waals surface area contributed by atoms with Crippen LogP contribution in [0.5, 0.6) is 0 Å². The Labute approximate surface area is 175 Å². The number of benzene rings is 1. The topological polar surface area (TPSA) is 75.4 Å². The molecule has 27 heavy (non-hydrogen) atoms. The van der Waals surface area contributed by atoms with E-state index in [2.05, 4.69) is 5.32 Å². The predicted octanol–water partition coefficient (Wildman–Crippen LogP) is 4.31. The molecule has 3 N–H and O–H groups in total. The molecule has 2 aromatic rings. The number of carbonyl (C=O) groups is 2. The zero-order chi connectivity index (χ0) is 19.9. The lowest BCUT2D eigenvalue weighted by atomic mass is 10.0. The highest BCUT2D eigenvalue weighted by Gasteiger charge is 2.35. The summed E-state index contributed by atoms with van der Waals surface area (Å²) in [6.07, 6.45) is 0.718. The Morgan fingerprint density at radius 2 is 2.11 bits per heavy atom. The molecule has 0 spiro atoms. The minimum Gasteiger partial charge on any atom is -0.344 e. The van der Waals surface area contributed by atoms with E-state index in [4.69, 9.17) is 5.73 Å². The van der Waals surface area contributed by atoms with Gasteiger partial charge in [0.05, 0.1) is 16.1 Å². The van der Waals surface area contributed by atoms with Crippen LogP contribution in [0.25, 0.3) is 0 Å². The molecule has 1 aliphatic heterocycles. The van der Waals surface area contributed by atoms with Crippen molar-refractivity contribution in [3.63, 3.8) is 0 Å². The van der Waals surface area contributed by atoms with E-state index in [1.165, 1.54) is 24.3 Å². The largest absolute Gasteiger partial charge is 0.344 e. The fourth-order valence-electron chi connectivity index (χ4n) is 3.22. The normalized spacial score (nSPS) is 19.4. The van der Waals surface area contributed by atoms with Crippen LogP contribution in [-0.2, 0) is 0 Å². The molecule has 1 saturated heterocycles. The van der Waals surface area contributed by atoms with Gasteiger partial charge >= 0.3 is 0 Å². The molecule has 1 aromatic heterocycles. The van der Waals surface area contributed by atoms with E-state index in [0.717, 1.165) is 9.99 Å². The van der Waals surface area contributed by atoms with Gasteiger partial charge in [0.1, 0.15) is 10.8 Å². The Balaban J connectivity index is 2.01. The third-order valence-electron chi connectivity index (χ3n) is 4.65. The van der Waals surface area contributed by atoms with Crippen molar-refractivity contribution in [1.29, 1.82) is 0 Å². The second-order valence-corrected chi connectivity index (χ2v) is 9.46. The number of nitrogens with one attached hydrogen (secondary N) is 1. The van der Waals surface area contributed by atoms with Crippen molar-refractivity contribution in [3.8, 4) is 0 Å². The molecule has 5 nitrogen and oxygen atoms in total. The van der Waals surface area contributed by atoms with Crippen molar-refractivity contribution in [2.45, 2.75) is 32.7 Å². The first kappa shape index (κ1) is 20.2. The summed E-state index contributed by atoms with van der Waals surface area (Å²) in [7, 11) is 0. The predicted molar refractivity (Wildman–Crippen MR) is 115 cm³/mol. The second-order valence-electron chi connectivity index (χ2n) is 7.20. The van der Waals surface area contributed by atoms with E-state index < -0.39 is 11.4 Å². The lowest BCUT2D eigenvalue weighted by Gasteiger charge is -2.20. The van der Waals surface area contributed by atoms with Crippen molar-refractivity contribution >= 4 is 56.3 Å². The lowest BCUT2D eigenvalue weighted by Crippen LogP contribution is -2.40. The van der Waals surface area contributed by atoms with Crippen LogP contribution >= 0.6 is 33.9 Å². The van der Waals surface area contributed by atoms with Gasteiger partial charge in [-0.2, -0.15) is 0 Å². The van der Waals surface area contributed by atoms with Crippen LogP contribution in [0.15, 0.2) is 18.2 Å². The molecule has 0 unspecified atom stereocenters. The SMILES string of the molecule is CC(=O)c1sc(Nc2ccc(I)cc2F)c(C(=O)N2CC[C@@](C)(N)C2)c1C. The Bertz CT molecular complexity index is 926. The van der Waals surface area contributed by atoms with Crippen LogP contribution in [0.4, 0.5) is 15.1 Å². The first-order valence-electron chi connectivity index (χ1n) is 8.53. The molecule has 1 amide bonds. The molecule has 1 atom stereocenters. The number of hydrogen-bond acceptors (Lipinski definition) is 5. The average Bonchev–Trinajstić information content (AvgIpc) is 3.09. The smallest absolute Gasteiger partial charge is 0.257 e. The number of nitrogens with zero attached hydrogens (tertiary/aromatic N) is 1. The molecule has 3 rings (SSSR count). The molecular weight excluding hydrogens is 480 g/mol. The van der Waals surface area contributed by atoms with E-state index in [-0.39, 0.29) is 17.4 Å². The summed E-state index contributed by atoms with van der Waals surface area (Å²) in [6, 6.07) is 4.82. The third kappa shape index (κ3) is 4.17. The maximum Gasteiger partial charge on any atom is 0.257 e. The molecule has 0 aliphatic carbocycles. The van der Waals surface area contributed by atoms with Crippen molar-refractivity contribution < 1.29 is 14.0 Å². The Hall–Kier alpha value is -1.52. The number of ketones is 1. The molecule has 0 radical (unpaired) electrons. The van der Waals surface area contributed by atoms with E-state index in [0.29, 0.717) is 34.1 Å². The van der Waals surface area contributed by atoms with Crippen molar-refractivity contribution in [3.05, 3.63) is 43.6 Å². The summed E-state index contributed by atoms with van der Waals surface area (Å²) in [4.78, 5) is 27.4. The van der Waals surface area contributed by atoms with Gasteiger partial charge in [0.15, 0.2) is 5.78 Å². The number of hydrogen-bond donors (Lipinski definition) is 2. The number of likely N-dealkylation sites (tertiary alicyclic amines) is 1. The van der Waals surface area contributed by atoms with Gasteiger partial charge in [-0.1, -0.05) is 0 Å². The number of rotatable bonds is 4. The number of nitrogens with two attached hydrogens (primary N) is 1. The Morgan fingerprint density at radius 3 is 2.67 bits per heavy atom. The van der Waals surface area contributed by atoms with Crippen LogP contribution in [-0.4, -0.2) is 35.2 Å². The molecule has 0 saturated carbocycles. The van der Waals surface area contributed by atoms with E-state index in [1.54, 1.807) is 24.0 Å². The van der Waals surface area contributed by atoms with Crippen molar-refractivity contribution in [2.24, 2.45) is 5.73 Å². The minimum atomic E-state index is -0.418. The van der Waals surface area contributed by atoms with E-state index >= 15 is 0 Å². The third-order valence-corrected chi connectivity index (χ3v) is 6.63. The van der Waals surface area contributed by atoms with Crippen LogP contribution in [0.3, 0.4) is 0 Å². The molecular formula is C19H21FIN3O2S. The fraction of sp³-hybridized carbons (Fsp3) is 0.368. The molecule has 1 aliphatic rings. The Morgan fingerprint density at radius 1 is 1.41 bits per heavy atom. The first-order valence-corrected chi connectivity index (χ1v) is 10.4. The molecule has 144 valence electrons. The van der Waals surface area contributed by atoms with Gasteiger partial charge in [-0.25, -0.2) is 4.39 Å². The average molecular weight is 501 g/mol. The van der Waals surface area contributed by atoms with Crippen LogP contribution < -0.4 is 11.1 Å². The maximum absolute atomic E-state index is 14.3. The second kappa shape index (κ2) is 7.48. The summed E-state index contributed by atoms with van der Waals surface area (Å²) < 4.78 is 15.1. The van der Waals surface area contributed by atoms with Gasteiger partial charge in [0.25, 0.3) is 5.91 Å². The number of Topliss-reactive ketones (excluding diaryl/α,β-unsaturated/α-hetero) is 1. The minimum absolute atomic E-state index is 0.118. The zero-order valence-electron chi connectivity index (χ0n) is 15.4. The summed E-state index contributed by atoms with van der Waals surface area (Å²) in [5.41, 5.74) is 7.05.